The molecule has 3 aromatic rings. The van der Waals surface area contributed by atoms with Gasteiger partial charge in [0.05, 0.1) is 4.90 Å². The topological polar surface area (TPSA) is 79.0 Å². The molecular formula is C21H24N2O3S. The van der Waals surface area contributed by atoms with Gasteiger partial charge in [0.15, 0.2) is 0 Å². The smallest absolute Gasteiger partial charge is 0.251 e. The van der Waals surface area contributed by atoms with Crippen molar-refractivity contribution >= 4 is 20.9 Å². The van der Waals surface area contributed by atoms with E-state index in [1.807, 2.05) is 31.2 Å². The maximum Gasteiger partial charge on any atom is 0.251 e. The Morgan fingerprint density at radius 1 is 1.07 bits per heavy atom. The molecule has 0 unspecified atom stereocenters. The Morgan fingerprint density at radius 2 is 1.85 bits per heavy atom. The minimum Gasteiger partial charge on any atom is -0.322 e. The van der Waals surface area contributed by atoms with Gasteiger partial charge in [0.1, 0.15) is 0 Å². The van der Waals surface area contributed by atoms with Crippen molar-refractivity contribution in [3.05, 3.63) is 75.6 Å². The Kier molecular flexibility index (Phi) is 5.48. The molecule has 6 heteroatoms. The second-order valence-electron chi connectivity index (χ2n) is 7.09. The van der Waals surface area contributed by atoms with Gasteiger partial charge in [0.25, 0.3) is 5.56 Å². The molecule has 5 nitrogen and oxygen atoms in total. The predicted molar refractivity (Wildman–Crippen MR) is 109 cm³/mol. The zero-order chi connectivity index (χ0) is 19.6. The van der Waals surface area contributed by atoms with Crippen molar-refractivity contribution in [3.63, 3.8) is 0 Å². The Bertz CT molecular complexity index is 1130. The summed E-state index contributed by atoms with van der Waals surface area (Å²) in [6.07, 6.45) is 0.322. The number of H-pyrrole nitrogens is 1. The van der Waals surface area contributed by atoms with Gasteiger partial charge in [-0.1, -0.05) is 32.0 Å². The molecule has 0 aliphatic rings. The Hall–Kier alpha value is -2.44. The molecule has 3 rings (SSSR count). The van der Waals surface area contributed by atoms with Gasteiger partial charge in [-0.25, -0.2) is 13.1 Å². The summed E-state index contributed by atoms with van der Waals surface area (Å²) >= 11 is 0. The normalized spacial score (nSPS) is 12.0. The highest BCUT2D eigenvalue weighted by Gasteiger charge is 2.14. The second-order valence-corrected chi connectivity index (χ2v) is 8.86. The molecule has 142 valence electrons. The zero-order valence-corrected chi connectivity index (χ0v) is 16.6. The number of benzene rings is 2. The Morgan fingerprint density at radius 3 is 2.56 bits per heavy atom. The molecule has 0 bridgehead atoms. The van der Waals surface area contributed by atoms with Crippen LogP contribution in [0, 0.1) is 6.92 Å². The highest BCUT2D eigenvalue weighted by Crippen LogP contribution is 2.20. The van der Waals surface area contributed by atoms with Gasteiger partial charge in [0.2, 0.25) is 10.0 Å². The molecule has 1 heterocycles. The van der Waals surface area contributed by atoms with Crippen LogP contribution in [0.25, 0.3) is 10.9 Å². The Balaban J connectivity index is 1.78. The Labute approximate surface area is 159 Å². The summed E-state index contributed by atoms with van der Waals surface area (Å²) < 4.78 is 27.4. The van der Waals surface area contributed by atoms with Crippen molar-refractivity contribution in [1.82, 2.24) is 9.71 Å². The number of fused-ring (bicyclic) bond motifs is 1. The second kappa shape index (κ2) is 7.66. The molecule has 0 saturated carbocycles. The van der Waals surface area contributed by atoms with Crippen molar-refractivity contribution in [2.75, 3.05) is 6.54 Å². The predicted octanol–water partition coefficient (Wildman–Crippen LogP) is 3.48. The van der Waals surface area contributed by atoms with E-state index in [1.165, 1.54) is 5.56 Å². The van der Waals surface area contributed by atoms with Crippen LogP contribution >= 0.6 is 0 Å². The lowest BCUT2D eigenvalue weighted by atomic mass is 10.0. The van der Waals surface area contributed by atoms with Gasteiger partial charge in [-0.15, -0.1) is 0 Å². The van der Waals surface area contributed by atoms with Crippen molar-refractivity contribution in [3.8, 4) is 0 Å². The van der Waals surface area contributed by atoms with Gasteiger partial charge >= 0.3 is 0 Å². The van der Waals surface area contributed by atoms with Gasteiger partial charge in [-0.2, -0.15) is 0 Å². The summed E-state index contributed by atoms with van der Waals surface area (Å²) in [5.41, 5.74) is 3.24. The number of hydrogen-bond donors (Lipinski definition) is 2. The van der Waals surface area contributed by atoms with Gasteiger partial charge in [-0.05, 0) is 66.1 Å². The van der Waals surface area contributed by atoms with Crippen LogP contribution in [0.5, 0.6) is 0 Å². The average molecular weight is 385 g/mol. The fourth-order valence-corrected chi connectivity index (χ4v) is 4.14. The minimum absolute atomic E-state index is 0.161. The summed E-state index contributed by atoms with van der Waals surface area (Å²) in [4.78, 5) is 15.4. The number of aromatic amines is 1. The first-order valence-corrected chi connectivity index (χ1v) is 10.5. The minimum atomic E-state index is -3.59. The van der Waals surface area contributed by atoms with E-state index >= 15 is 0 Å². The summed E-state index contributed by atoms with van der Waals surface area (Å²) in [6, 6.07) is 14.6. The number of nitrogens with one attached hydrogen (secondary N) is 2. The largest absolute Gasteiger partial charge is 0.322 e. The number of sulfonamides is 1. The third kappa shape index (κ3) is 4.46. The average Bonchev–Trinajstić information content (AvgIpc) is 2.61. The number of aromatic nitrogens is 1. The number of aryl methyl sites for hydroxylation is 1. The third-order valence-electron chi connectivity index (χ3n) is 4.60. The molecule has 27 heavy (non-hydrogen) atoms. The van der Waals surface area contributed by atoms with E-state index in [0.717, 1.165) is 16.5 Å². The molecule has 2 N–H and O–H groups in total. The van der Waals surface area contributed by atoms with Gasteiger partial charge < -0.3 is 4.98 Å². The lowest BCUT2D eigenvalue weighted by Crippen LogP contribution is -2.27. The lowest BCUT2D eigenvalue weighted by molar-refractivity contribution is 0.581. The summed E-state index contributed by atoms with van der Waals surface area (Å²) in [5, 5.41) is 0.956. The molecule has 0 radical (unpaired) electrons. The third-order valence-corrected chi connectivity index (χ3v) is 6.06. The quantitative estimate of drug-likeness (QED) is 0.683. The van der Waals surface area contributed by atoms with Gasteiger partial charge in [0, 0.05) is 17.6 Å². The summed E-state index contributed by atoms with van der Waals surface area (Å²) in [5.74, 6) is 0.394. The molecule has 0 spiro atoms. The first-order valence-electron chi connectivity index (χ1n) is 8.98. The van der Waals surface area contributed by atoms with Crippen molar-refractivity contribution in [2.45, 2.75) is 38.0 Å². The summed E-state index contributed by atoms with van der Waals surface area (Å²) in [6.45, 7) is 6.25. The fraction of sp³-hybridized carbons (Fsp3) is 0.286. The van der Waals surface area contributed by atoms with Gasteiger partial charge in [-0.3, -0.25) is 4.79 Å². The number of rotatable bonds is 6. The van der Waals surface area contributed by atoms with Crippen LogP contribution < -0.4 is 10.3 Å². The fourth-order valence-electron chi connectivity index (χ4n) is 3.00. The van der Waals surface area contributed by atoms with Crippen LogP contribution in [-0.2, 0) is 16.4 Å². The standard InChI is InChI=1S/C21H24N2O3S/c1-14(2)16-7-8-20-18(12-16)13-17(21(24)23-20)9-10-22-27(25,26)19-6-4-5-15(3)11-19/h4-8,11-14,22H,9-10H2,1-3H3,(H,23,24). The van der Waals surface area contributed by atoms with Crippen LogP contribution in [0.4, 0.5) is 0 Å². The lowest BCUT2D eigenvalue weighted by Gasteiger charge is -2.09. The van der Waals surface area contributed by atoms with Crippen molar-refractivity contribution in [2.24, 2.45) is 0 Å². The van der Waals surface area contributed by atoms with Crippen molar-refractivity contribution < 1.29 is 8.42 Å². The van der Waals surface area contributed by atoms with Crippen LogP contribution in [-0.4, -0.2) is 19.9 Å². The van der Waals surface area contributed by atoms with E-state index in [-0.39, 0.29) is 17.0 Å². The van der Waals surface area contributed by atoms with Crippen LogP contribution in [0.1, 0.15) is 36.5 Å². The molecule has 0 atom stereocenters. The van der Waals surface area contributed by atoms with E-state index in [9.17, 15) is 13.2 Å². The highest BCUT2D eigenvalue weighted by molar-refractivity contribution is 7.89. The molecular weight excluding hydrogens is 360 g/mol. The highest BCUT2D eigenvalue weighted by atomic mass is 32.2. The number of pyridine rings is 1. The maximum absolute atomic E-state index is 12.4. The molecule has 0 aliphatic carbocycles. The monoisotopic (exact) mass is 384 g/mol. The van der Waals surface area contributed by atoms with Crippen LogP contribution in [0.3, 0.4) is 0 Å². The molecule has 0 aliphatic heterocycles. The molecule has 1 aromatic heterocycles. The van der Waals surface area contributed by atoms with E-state index in [1.54, 1.807) is 18.2 Å². The first kappa shape index (κ1) is 19.3. The van der Waals surface area contributed by atoms with E-state index in [4.69, 9.17) is 0 Å². The number of hydrogen-bond acceptors (Lipinski definition) is 3. The maximum atomic E-state index is 12.4. The molecule has 0 fully saturated rings. The van der Waals surface area contributed by atoms with Crippen LogP contribution in [0.2, 0.25) is 0 Å². The van der Waals surface area contributed by atoms with E-state index < -0.39 is 10.0 Å². The van der Waals surface area contributed by atoms with E-state index in [0.29, 0.717) is 17.9 Å². The van der Waals surface area contributed by atoms with E-state index in [2.05, 4.69) is 29.6 Å². The molecule has 2 aromatic carbocycles. The molecule has 0 amide bonds. The van der Waals surface area contributed by atoms with Crippen molar-refractivity contribution in [1.29, 1.82) is 0 Å². The first-order chi connectivity index (χ1) is 12.8. The zero-order valence-electron chi connectivity index (χ0n) is 15.7. The molecule has 0 saturated heterocycles. The van der Waals surface area contributed by atoms with Crippen LogP contribution in [0.15, 0.2) is 58.2 Å². The summed E-state index contributed by atoms with van der Waals surface area (Å²) in [7, 11) is -3.59. The SMILES string of the molecule is Cc1cccc(S(=O)(=O)NCCc2cc3cc(C(C)C)ccc3[nH]c2=O)c1.